The van der Waals surface area contributed by atoms with E-state index in [1.165, 1.54) is 0 Å². The Bertz CT molecular complexity index is 547. The van der Waals surface area contributed by atoms with Crippen LogP contribution in [0.15, 0.2) is 42.5 Å². The molecule has 0 heterocycles. The molecular formula is C14H13NO. The van der Waals surface area contributed by atoms with E-state index in [-0.39, 0.29) is 0 Å². The second kappa shape index (κ2) is 3.86. The maximum Gasteiger partial charge on any atom is 0.188 e. The summed E-state index contributed by atoms with van der Waals surface area (Å²) < 4.78 is 5.70. The Morgan fingerprint density at radius 1 is 1.06 bits per heavy atom. The number of benzene rings is 2. The summed E-state index contributed by atoms with van der Waals surface area (Å²) in [6, 6.07) is 16.0. The monoisotopic (exact) mass is 211 g/mol. The molecule has 16 heavy (non-hydrogen) atoms. The third-order valence-electron chi connectivity index (χ3n) is 2.38. The number of hydrogen-bond donors (Lipinski definition) is 0. The molecule has 2 heteroatoms. The highest BCUT2D eigenvalue weighted by molar-refractivity contribution is 5.88. The number of fused-ring (bicyclic) bond motifs is 1. The number of nitriles is 1. The van der Waals surface area contributed by atoms with Gasteiger partial charge in [0.15, 0.2) is 5.60 Å². The van der Waals surface area contributed by atoms with Gasteiger partial charge in [-0.15, -0.1) is 0 Å². The molecule has 2 aromatic carbocycles. The number of ether oxygens (including phenoxy) is 1. The molecule has 0 fully saturated rings. The van der Waals surface area contributed by atoms with Crippen molar-refractivity contribution in [2.24, 2.45) is 0 Å². The number of nitrogens with zero attached hydrogens (tertiary/aromatic N) is 1. The molecule has 0 aromatic heterocycles. The van der Waals surface area contributed by atoms with E-state index in [1.807, 2.05) is 42.5 Å². The smallest absolute Gasteiger partial charge is 0.188 e. The second-order valence-electron chi connectivity index (χ2n) is 4.20. The maximum absolute atomic E-state index is 8.95. The largest absolute Gasteiger partial charge is 0.472 e. The normalized spacial score (nSPS) is 11.1. The van der Waals surface area contributed by atoms with Gasteiger partial charge in [-0.2, -0.15) is 5.26 Å². The summed E-state index contributed by atoms with van der Waals surface area (Å²) in [6.45, 7) is 3.52. The van der Waals surface area contributed by atoms with Gasteiger partial charge in [0.1, 0.15) is 11.8 Å². The van der Waals surface area contributed by atoms with Crippen LogP contribution in [0, 0.1) is 11.3 Å². The fraction of sp³-hybridized carbons (Fsp3) is 0.214. The molecule has 0 saturated carbocycles. The lowest BCUT2D eigenvalue weighted by atomic mass is 10.1. The Hall–Kier alpha value is -2.01. The highest BCUT2D eigenvalue weighted by atomic mass is 16.5. The van der Waals surface area contributed by atoms with Crippen molar-refractivity contribution in [2.45, 2.75) is 19.4 Å². The Morgan fingerprint density at radius 2 is 1.75 bits per heavy atom. The van der Waals surface area contributed by atoms with Crippen LogP contribution in [0.2, 0.25) is 0 Å². The van der Waals surface area contributed by atoms with Gasteiger partial charge in [0.25, 0.3) is 0 Å². The van der Waals surface area contributed by atoms with Gasteiger partial charge in [-0.05, 0) is 25.3 Å². The van der Waals surface area contributed by atoms with Gasteiger partial charge in [-0.25, -0.2) is 0 Å². The third-order valence-corrected chi connectivity index (χ3v) is 2.38. The fourth-order valence-corrected chi connectivity index (χ4v) is 1.58. The highest BCUT2D eigenvalue weighted by Crippen LogP contribution is 2.28. The highest BCUT2D eigenvalue weighted by Gasteiger charge is 2.19. The van der Waals surface area contributed by atoms with E-state index in [0.717, 1.165) is 16.5 Å². The standard InChI is InChI=1S/C14H13NO/c1-14(2,10-15)16-13-9-5-7-11-6-3-4-8-12(11)13/h3-9H,1-2H3. The van der Waals surface area contributed by atoms with Crippen molar-refractivity contribution < 1.29 is 4.74 Å². The van der Waals surface area contributed by atoms with Crippen LogP contribution in [-0.4, -0.2) is 5.60 Å². The quantitative estimate of drug-likeness (QED) is 0.761. The topological polar surface area (TPSA) is 33.0 Å². The molecule has 80 valence electrons. The first-order valence-corrected chi connectivity index (χ1v) is 5.20. The van der Waals surface area contributed by atoms with Crippen LogP contribution in [0.3, 0.4) is 0 Å². The maximum atomic E-state index is 8.95. The van der Waals surface area contributed by atoms with Crippen molar-refractivity contribution >= 4 is 10.8 Å². The van der Waals surface area contributed by atoms with Crippen LogP contribution in [0.25, 0.3) is 10.8 Å². The van der Waals surface area contributed by atoms with E-state index < -0.39 is 5.60 Å². The molecule has 0 bridgehead atoms. The van der Waals surface area contributed by atoms with Gasteiger partial charge in [0, 0.05) is 5.39 Å². The number of hydrogen-bond acceptors (Lipinski definition) is 2. The molecule has 0 aliphatic carbocycles. The summed E-state index contributed by atoms with van der Waals surface area (Å²) in [6.07, 6.45) is 0. The summed E-state index contributed by atoms with van der Waals surface area (Å²) in [4.78, 5) is 0. The van der Waals surface area contributed by atoms with Crippen LogP contribution < -0.4 is 4.74 Å². The van der Waals surface area contributed by atoms with Gasteiger partial charge in [-0.3, -0.25) is 0 Å². The first-order valence-electron chi connectivity index (χ1n) is 5.20. The zero-order valence-electron chi connectivity index (χ0n) is 9.40. The Morgan fingerprint density at radius 3 is 2.50 bits per heavy atom. The first kappa shape index (κ1) is 10.5. The van der Waals surface area contributed by atoms with Gasteiger partial charge in [0.2, 0.25) is 0 Å². The average molecular weight is 211 g/mol. The summed E-state index contributed by atoms with van der Waals surface area (Å²) in [5.74, 6) is 0.754. The van der Waals surface area contributed by atoms with Gasteiger partial charge < -0.3 is 4.74 Å². The lowest BCUT2D eigenvalue weighted by Gasteiger charge is -2.19. The van der Waals surface area contributed by atoms with Crippen LogP contribution in [0.4, 0.5) is 0 Å². The van der Waals surface area contributed by atoms with Crippen molar-refractivity contribution in [2.75, 3.05) is 0 Å². The van der Waals surface area contributed by atoms with E-state index in [2.05, 4.69) is 6.07 Å². The second-order valence-corrected chi connectivity index (χ2v) is 4.20. The van der Waals surface area contributed by atoms with Gasteiger partial charge in [0.05, 0.1) is 0 Å². The van der Waals surface area contributed by atoms with E-state index in [1.54, 1.807) is 13.8 Å². The third kappa shape index (κ3) is 1.99. The molecule has 0 saturated heterocycles. The number of rotatable bonds is 2. The first-order chi connectivity index (χ1) is 7.62. The molecule has 0 amide bonds. The molecule has 0 spiro atoms. The van der Waals surface area contributed by atoms with E-state index in [0.29, 0.717) is 0 Å². The SMILES string of the molecule is CC(C)(C#N)Oc1cccc2ccccc12. The van der Waals surface area contributed by atoms with E-state index in [9.17, 15) is 0 Å². The van der Waals surface area contributed by atoms with Gasteiger partial charge in [-0.1, -0.05) is 36.4 Å². The molecule has 0 unspecified atom stereocenters. The Labute approximate surface area is 95.1 Å². The summed E-state index contributed by atoms with van der Waals surface area (Å²) in [5.41, 5.74) is -0.801. The van der Waals surface area contributed by atoms with Crippen molar-refractivity contribution in [3.8, 4) is 11.8 Å². The molecule has 0 aliphatic rings. The predicted octanol–water partition coefficient (Wildman–Crippen LogP) is 3.52. The van der Waals surface area contributed by atoms with Crippen LogP contribution in [-0.2, 0) is 0 Å². The zero-order chi connectivity index (χ0) is 11.6. The molecule has 2 nitrogen and oxygen atoms in total. The molecule has 2 rings (SSSR count). The van der Waals surface area contributed by atoms with Crippen molar-refractivity contribution in [1.82, 2.24) is 0 Å². The minimum Gasteiger partial charge on any atom is -0.472 e. The molecule has 0 N–H and O–H groups in total. The Kier molecular flexibility index (Phi) is 2.54. The molecule has 0 aliphatic heterocycles. The summed E-state index contributed by atoms with van der Waals surface area (Å²) in [5, 5.41) is 11.1. The minimum absolute atomic E-state index is 0.754. The minimum atomic E-state index is -0.801. The molecule has 0 radical (unpaired) electrons. The zero-order valence-corrected chi connectivity index (χ0v) is 9.40. The van der Waals surface area contributed by atoms with Crippen molar-refractivity contribution in [3.63, 3.8) is 0 Å². The van der Waals surface area contributed by atoms with Crippen LogP contribution in [0.1, 0.15) is 13.8 Å². The molecule has 0 atom stereocenters. The lowest BCUT2D eigenvalue weighted by Crippen LogP contribution is -2.25. The molecular weight excluding hydrogens is 198 g/mol. The van der Waals surface area contributed by atoms with E-state index >= 15 is 0 Å². The summed E-state index contributed by atoms with van der Waals surface area (Å²) >= 11 is 0. The average Bonchev–Trinajstić information content (AvgIpc) is 2.29. The fourth-order valence-electron chi connectivity index (χ4n) is 1.58. The van der Waals surface area contributed by atoms with Crippen molar-refractivity contribution in [1.29, 1.82) is 5.26 Å². The van der Waals surface area contributed by atoms with E-state index in [4.69, 9.17) is 10.00 Å². The van der Waals surface area contributed by atoms with Crippen molar-refractivity contribution in [3.05, 3.63) is 42.5 Å². The Balaban J connectivity index is 2.50. The lowest BCUT2D eigenvalue weighted by molar-refractivity contribution is 0.172. The van der Waals surface area contributed by atoms with Gasteiger partial charge >= 0.3 is 0 Å². The predicted molar refractivity (Wildman–Crippen MR) is 64.3 cm³/mol. The molecule has 2 aromatic rings. The van der Waals surface area contributed by atoms with Crippen LogP contribution >= 0.6 is 0 Å². The summed E-state index contributed by atoms with van der Waals surface area (Å²) in [7, 11) is 0. The van der Waals surface area contributed by atoms with Crippen LogP contribution in [0.5, 0.6) is 5.75 Å².